The van der Waals surface area contributed by atoms with Crippen LogP contribution in [0, 0.1) is 0 Å². The molecular weight excluding hydrogens is 366 g/mol. The number of carbonyl (C=O) groups excluding carboxylic acids is 2. The number of imidazole rings is 1. The number of nitrogens with zero attached hydrogens (tertiary/aromatic N) is 3. The second-order valence-corrected chi connectivity index (χ2v) is 6.91. The summed E-state index contributed by atoms with van der Waals surface area (Å²) in [7, 11) is 0. The average molecular weight is 377 g/mol. The van der Waals surface area contributed by atoms with Crippen LogP contribution in [0.3, 0.4) is 0 Å². The number of anilines is 1. The second-order valence-electron chi connectivity index (χ2n) is 6.04. The summed E-state index contributed by atoms with van der Waals surface area (Å²) in [6.07, 6.45) is 3.86. The number of hydrogen-bond donors (Lipinski definition) is 2. The van der Waals surface area contributed by atoms with Crippen molar-refractivity contribution in [3.63, 3.8) is 0 Å². The highest BCUT2D eigenvalue weighted by atomic mass is 32.1. The van der Waals surface area contributed by atoms with Gasteiger partial charge in [-0.1, -0.05) is 12.1 Å². The molecule has 4 heterocycles. The molecule has 3 N–H and O–H groups in total. The van der Waals surface area contributed by atoms with Gasteiger partial charge in [-0.05, 0) is 12.1 Å². The maximum Gasteiger partial charge on any atom is 0.262 e. The first kappa shape index (κ1) is 15.5. The van der Waals surface area contributed by atoms with E-state index in [0.29, 0.717) is 5.69 Å². The van der Waals surface area contributed by atoms with Crippen LogP contribution in [0.4, 0.5) is 5.82 Å². The van der Waals surface area contributed by atoms with Gasteiger partial charge in [0, 0.05) is 29.4 Å². The molecule has 8 nitrogen and oxygen atoms in total. The summed E-state index contributed by atoms with van der Waals surface area (Å²) >= 11 is 1.54. The van der Waals surface area contributed by atoms with Gasteiger partial charge in [-0.25, -0.2) is 4.98 Å². The minimum Gasteiger partial charge on any atom is -0.384 e. The number of benzene rings is 1. The molecule has 0 saturated heterocycles. The van der Waals surface area contributed by atoms with Crippen LogP contribution in [0.15, 0.2) is 52.9 Å². The summed E-state index contributed by atoms with van der Waals surface area (Å²) in [5.74, 6) is -1.27. The molecule has 1 aliphatic heterocycles. The van der Waals surface area contributed by atoms with Crippen molar-refractivity contribution in [1.82, 2.24) is 19.3 Å². The second kappa shape index (κ2) is 5.39. The quantitative estimate of drug-likeness (QED) is 0.516. The Labute approximate surface area is 155 Å². The summed E-state index contributed by atoms with van der Waals surface area (Å²) < 4.78 is 3.15. The third-order valence-corrected chi connectivity index (χ3v) is 5.24. The third-order valence-electron chi connectivity index (χ3n) is 4.47. The molecule has 2 amide bonds. The molecule has 0 unspecified atom stereocenters. The van der Waals surface area contributed by atoms with Crippen molar-refractivity contribution in [2.75, 3.05) is 5.73 Å². The fourth-order valence-electron chi connectivity index (χ4n) is 3.19. The molecule has 9 heteroatoms. The van der Waals surface area contributed by atoms with E-state index in [-0.39, 0.29) is 16.9 Å². The minimum atomic E-state index is -0.610. The zero-order valence-electron chi connectivity index (χ0n) is 13.7. The number of carbonyl (C=O) groups is 2. The molecule has 5 rings (SSSR count). The van der Waals surface area contributed by atoms with Gasteiger partial charge < -0.3 is 5.73 Å². The number of thiazole rings is 1. The molecule has 0 radical (unpaired) electrons. The number of nitrogen functional groups attached to an aromatic ring is 1. The largest absolute Gasteiger partial charge is 0.384 e. The lowest BCUT2D eigenvalue weighted by Crippen LogP contribution is -2.24. The molecule has 0 aliphatic carbocycles. The summed E-state index contributed by atoms with van der Waals surface area (Å²) in [4.78, 5) is 41.6. The van der Waals surface area contributed by atoms with Gasteiger partial charge in [-0.3, -0.25) is 28.7 Å². The van der Waals surface area contributed by atoms with Crippen LogP contribution < -0.4 is 16.6 Å². The normalized spacial score (nSPS) is 13.2. The van der Waals surface area contributed by atoms with Crippen LogP contribution in [0.25, 0.3) is 21.9 Å². The number of aromatic nitrogens is 3. The summed E-state index contributed by atoms with van der Waals surface area (Å²) in [5, 5.41) is 4.11. The Kier molecular flexibility index (Phi) is 3.10. The van der Waals surface area contributed by atoms with Gasteiger partial charge in [0.1, 0.15) is 5.82 Å². The van der Waals surface area contributed by atoms with Crippen LogP contribution >= 0.6 is 11.3 Å². The molecule has 0 atom stereocenters. The predicted molar refractivity (Wildman–Crippen MR) is 100 cm³/mol. The van der Waals surface area contributed by atoms with Gasteiger partial charge in [-0.2, -0.15) is 0 Å². The molecule has 0 bridgehead atoms. The van der Waals surface area contributed by atoms with Crippen molar-refractivity contribution in [1.29, 1.82) is 0 Å². The van der Waals surface area contributed by atoms with E-state index in [1.807, 2.05) is 34.3 Å². The number of fused-ring (bicyclic) bond motifs is 2. The van der Waals surface area contributed by atoms with E-state index in [9.17, 15) is 14.4 Å². The van der Waals surface area contributed by atoms with Gasteiger partial charge in [0.15, 0.2) is 4.96 Å². The average Bonchev–Trinajstić information content (AvgIpc) is 3.30. The van der Waals surface area contributed by atoms with Gasteiger partial charge in [0.25, 0.3) is 17.4 Å². The topological polar surface area (TPSA) is 111 Å². The van der Waals surface area contributed by atoms with Crippen molar-refractivity contribution >= 4 is 33.9 Å². The van der Waals surface area contributed by atoms with Crippen LogP contribution in [0.5, 0.6) is 0 Å². The number of nitrogens with one attached hydrogen (secondary N) is 1. The van der Waals surface area contributed by atoms with Crippen molar-refractivity contribution < 1.29 is 9.59 Å². The van der Waals surface area contributed by atoms with Crippen molar-refractivity contribution in [2.45, 2.75) is 0 Å². The number of pyridine rings is 1. The Balaban J connectivity index is 1.61. The maximum atomic E-state index is 12.5. The Morgan fingerprint density at radius 3 is 2.59 bits per heavy atom. The lowest BCUT2D eigenvalue weighted by molar-refractivity contribution is 0.0880. The molecule has 3 aromatic heterocycles. The first-order valence-electron chi connectivity index (χ1n) is 7.97. The van der Waals surface area contributed by atoms with E-state index < -0.39 is 17.4 Å². The number of rotatable bonds is 2. The van der Waals surface area contributed by atoms with Crippen LogP contribution in [0.2, 0.25) is 0 Å². The number of hydrogen-bond acceptors (Lipinski definition) is 6. The predicted octanol–water partition coefficient (Wildman–Crippen LogP) is 1.68. The SMILES string of the molecule is Nc1c2c(cc(=O)n1-c1ccc(-c3cn4ccsc4n3)cc1)C(=O)NC2=O. The first-order valence-corrected chi connectivity index (χ1v) is 8.85. The first-order chi connectivity index (χ1) is 13.0. The highest BCUT2D eigenvalue weighted by Crippen LogP contribution is 2.25. The van der Waals surface area contributed by atoms with Gasteiger partial charge in [0.05, 0.1) is 22.5 Å². The Morgan fingerprint density at radius 2 is 1.85 bits per heavy atom. The Bertz CT molecular complexity index is 1280. The third kappa shape index (κ3) is 2.22. The number of amides is 2. The van der Waals surface area contributed by atoms with Crippen molar-refractivity contribution in [2.24, 2.45) is 0 Å². The molecule has 1 aliphatic rings. The highest BCUT2D eigenvalue weighted by Gasteiger charge is 2.31. The maximum absolute atomic E-state index is 12.5. The van der Waals surface area contributed by atoms with E-state index in [2.05, 4.69) is 10.3 Å². The molecule has 0 spiro atoms. The van der Waals surface area contributed by atoms with E-state index in [4.69, 9.17) is 5.73 Å². The molecule has 4 aromatic rings. The highest BCUT2D eigenvalue weighted by molar-refractivity contribution is 7.15. The lowest BCUT2D eigenvalue weighted by atomic mass is 10.1. The number of imide groups is 1. The van der Waals surface area contributed by atoms with Crippen LogP contribution in [-0.4, -0.2) is 25.8 Å². The van der Waals surface area contributed by atoms with E-state index in [1.165, 1.54) is 4.57 Å². The Morgan fingerprint density at radius 1 is 1.07 bits per heavy atom. The van der Waals surface area contributed by atoms with Crippen molar-refractivity contribution in [3.8, 4) is 16.9 Å². The smallest absolute Gasteiger partial charge is 0.262 e. The molecule has 0 fully saturated rings. The van der Waals surface area contributed by atoms with Crippen molar-refractivity contribution in [3.05, 3.63) is 69.6 Å². The monoisotopic (exact) mass is 377 g/mol. The fourth-order valence-corrected chi connectivity index (χ4v) is 3.89. The molecule has 132 valence electrons. The van der Waals surface area contributed by atoms with Gasteiger partial charge >= 0.3 is 0 Å². The molecule has 1 aromatic carbocycles. The van der Waals surface area contributed by atoms with Gasteiger partial charge in [-0.15, -0.1) is 11.3 Å². The Hall–Kier alpha value is -3.72. The molecule has 27 heavy (non-hydrogen) atoms. The fraction of sp³-hybridized carbons (Fsp3) is 0. The summed E-state index contributed by atoms with van der Waals surface area (Å²) in [6.45, 7) is 0. The van der Waals surface area contributed by atoms with E-state index in [0.717, 1.165) is 22.3 Å². The molecular formula is C18H11N5O3S. The lowest BCUT2D eigenvalue weighted by Gasteiger charge is -2.12. The zero-order valence-corrected chi connectivity index (χ0v) is 14.5. The summed E-state index contributed by atoms with van der Waals surface area (Å²) in [6, 6.07) is 8.23. The van der Waals surface area contributed by atoms with Crippen LogP contribution in [0.1, 0.15) is 20.7 Å². The summed E-state index contributed by atoms with van der Waals surface area (Å²) in [5.41, 5.74) is 7.79. The molecule has 0 saturated carbocycles. The minimum absolute atomic E-state index is 0.00782. The zero-order chi connectivity index (χ0) is 18.7. The van der Waals surface area contributed by atoms with Crippen LogP contribution in [-0.2, 0) is 0 Å². The van der Waals surface area contributed by atoms with E-state index in [1.54, 1.807) is 23.5 Å². The standard InChI is InChI=1S/C18H11N5O3S/c19-15-14-11(16(25)21-17(14)26)7-13(24)23(15)10-3-1-9(2-4-10)12-8-22-5-6-27-18(22)20-12/h1-8H,19H2,(H,21,25,26). The van der Waals surface area contributed by atoms with E-state index >= 15 is 0 Å². The van der Waals surface area contributed by atoms with Gasteiger partial charge in [0.2, 0.25) is 0 Å². The number of nitrogens with two attached hydrogens (primary N) is 1.